The molecule has 0 unspecified atom stereocenters. The molecule has 0 aromatic heterocycles. The minimum absolute atomic E-state index is 0. The van der Waals surface area contributed by atoms with Crippen molar-refractivity contribution >= 4 is 39.8 Å². The molecular formula is C15H32IN3O3S. The minimum atomic E-state index is -2.94. The van der Waals surface area contributed by atoms with Gasteiger partial charge in [0.1, 0.15) is 0 Å². The van der Waals surface area contributed by atoms with E-state index >= 15 is 0 Å². The fourth-order valence-corrected chi connectivity index (χ4v) is 3.24. The van der Waals surface area contributed by atoms with Gasteiger partial charge in [-0.15, -0.1) is 24.0 Å². The van der Waals surface area contributed by atoms with Crippen LogP contribution < -0.4 is 10.6 Å². The zero-order chi connectivity index (χ0) is 16.5. The second kappa shape index (κ2) is 11.5. The average Bonchev–Trinajstić information content (AvgIpc) is 2.45. The zero-order valence-electron chi connectivity index (χ0n) is 14.6. The van der Waals surface area contributed by atoms with Gasteiger partial charge in [0.25, 0.3) is 0 Å². The van der Waals surface area contributed by atoms with Gasteiger partial charge in [-0.3, -0.25) is 4.99 Å². The molecule has 138 valence electrons. The minimum Gasteiger partial charge on any atom is -0.385 e. The number of halogens is 1. The predicted octanol–water partition coefficient (Wildman–Crippen LogP) is 1.80. The summed E-state index contributed by atoms with van der Waals surface area (Å²) in [6.07, 6.45) is 4.70. The van der Waals surface area contributed by atoms with Gasteiger partial charge < -0.3 is 15.4 Å². The zero-order valence-corrected chi connectivity index (χ0v) is 17.7. The lowest BCUT2D eigenvalue weighted by Crippen LogP contribution is -2.41. The molecule has 1 aliphatic carbocycles. The Morgan fingerprint density at radius 1 is 1.26 bits per heavy atom. The Morgan fingerprint density at radius 3 is 2.43 bits per heavy atom. The number of hydrogen-bond acceptors (Lipinski definition) is 4. The SMILES string of the molecule is CCNC(=NCC1(CCOC)CCC1)NCCS(=O)(=O)CC.I. The first kappa shape index (κ1) is 22.9. The van der Waals surface area contributed by atoms with Gasteiger partial charge in [-0.2, -0.15) is 0 Å². The Kier molecular flexibility index (Phi) is 11.4. The van der Waals surface area contributed by atoms with Crippen molar-refractivity contribution in [3.05, 3.63) is 0 Å². The van der Waals surface area contributed by atoms with Crippen molar-refractivity contribution in [3.8, 4) is 0 Å². The maximum atomic E-state index is 11.5. The largest absolute Gasteiger partial charge is 0.385 e. The summed E-state index contributed by atoms with van der Waals surface area (Å²) < 4.78 is 28.2. The first-order chi connectivity index (χ1) is 10.5. The summed E-state index contributed by atoms with van der Waals surface area (Å²) in [5.74, 6) is 1.03. The first-order valence-corrected chi connectivity index (χ1v) is 10.0. The Bertz CT molecular complexity index is 451. The quantitative estimate of drug-likeness (QED) is 0.295. The lowest BCUT2D eigenvalue weighted by atomic mass is 9.67. The molecule has 2 N–H and O–H groups in total. The maximum absolute atomic E-state index is 11.5. The molecule has 1 rings (SSSR count). The van der Waals surface area contributed by atoms with Gasteiger partial charge in [0, 0.05) is 39.1 Å². The van der Waals surface area contributed by atoms with Crippen molar-refractivity contribution in [2.24, 2.45) is 10.4 Å². The molecule has 23 heavy (non-hydrogen) atoms. The maximum Gasteiger partial charge on any atom is 0.191 e. The number of guanidine groups is 1. The van der Waals surface area contributed by atoms with E-state index in [1.165, 1.54) is 19.3 Å². The second-order valence-electron chi connectivity index (χ2n) is 5.95. The fourth-order valence-electron chi connectivity index (χ4n) is 2.54. The van der Waals surface area contributed by atoms with Crippen LogP contribution in [-0.4, -0.2) is 59.2 Å². The molecular weight excluding hydrogens is 429 g/mol. The topological polar surface area (TPSA) is 79.8 Å². The van der Waals surface area contributed by atoms with Gasteiger partial charge in [0.05, 0.1) is 5.75 Å². The van der Waals surface area contributed by atoms with Crippen LogP contribution in [-0.2, 0) is 14.6 Å². The van der Waals surface area contributed by atoms with Crippen LogP contribution in [0.5, 0.6) is 0 Å². The van der Waals surface area contributed by atoms with E-state index in [4.69, 9.17) is 4.74 Å². The average molecular weight is 461 g/mol. The fraction of sp³-hybridized carbons (Fsp3) is 0.933. The summed E-state index contributed by atoms with van der Waals surface area (Å²) in [5.41, 5.74) is 0.272. The van der Waals surface area contributed by atoms with E-state index < -0.39 is 9.84 Å². The molecule has 0 aromatic rings. The van der Waals surface area contributed by atoms with Gasteiger partial charge in [0.15, 0.2) is 15.8 Å². The molecule has 0 spiro atoms. The van der Waals surface area contributed by atoms with Gasteiger partial charge >= 0.3 is 0 Å². The molecule has 0 radical (unpaired) electrons. The summed E-state index contributed by atoms with van der Waals surface area (Å²) in [6.45, 7) is 6.37. The first-order valence-electron chi connectivity index (χ1n) is 8.18. The molecule has 0 amide bonds. The molecule has 0 atom stereocenters. The van der Waals surface area contributed by atoms with Crippen LogP contribution in [0.15, 0.2) is 4.99 Å². The number of aliphatic imine (C=N–C) groups is 1. The highest BCUT2D eigenvalue weighted by atomic mass is 127. The summed E-state index contributed by atoms with van der Waals surface area (Å²) in [6, 6.07) is 0. The Labute approximate surface area is 158 Å². The number of rotatable bonds is 10. The van der Waals surface area contributed by atoms with E-state index in [9.17, 15) is 8.42 Å². The Morgan fingerprint density at radius 2 is 1.96 bits per heavy atom. The van der Waals surface area contributed by atoms with Crippen molar-refractivity contribution in [2.75, 3.05) is 44.9 Å². The van der Waals surface area contributed by atoms with Crippen molar-refractivity contribution in [1.29, 1.82) is 0 Å². The number of nitrogens with one attached hydrogen (secondary N) is 2. The molecule has 8 heteroatoms. The van der Waals surface area contributed by atoms with Crippen molar-refractivity contribution in [2.45, 2.75) is 39.5 Å². The molecule has 0 bridgehead atoms. The van der Waals surface area contributed by atoms with Crippen LogP contribution in [0.3, 0.4) is 0 Å². The van der Waals surface area contributed by atoms with E-state index in [2.05, 4.69) is 15.6 Å². The monoisotopic (exact) mass is 461 g/mol. The number of sulfone groups is 1. The van der Waals surface area contributed by atoms with E-state index in [0.717, 1.165) is 26.1 Å². The molecule has 0 aromatic carbocycles. The summed E-state index contributed by atoms with van der Waals surface area (Å²) in [4.78, 5) is 4.65. The lowest BCUT2D eigenvalue weighted by molar-refractivity contribution is 0.0778. The number of methoxy groups -OCH3 is 1. The van der Waals surface area contributed by atoms with E-state index in [1.54, 1.807) is 14.0 Å². The highest BCUT2D eigenvalue weighted by Gasteiger charge is 2.36. The van der Waals surface area contributed by atoms with Gasteiger partial charge in [-0.25, -0.2) is 8.42 Å². The van der Waals surface area contributed by atoms with Crippen molar-refractivity contribution in [1.82, 2.24) is 10.6 Å². The van der Waals surface area contributed by atoms with E-state index in [0.29, 0.717) is 12.5 Å². The molecule has 0 saturated heterocycles. The molecule has 1 saturated carbocycles. The Balaban J connectivity index is 0.00000484. The third-order valence-electron chi connectivity index (χ3n) is 4.31. The molecule has 0 heterocycles. The third-order valence-corrected chi connectivity index (χ3v) is 6.02. The van der Waals surface area contributed by atoms with E-state index in [-0.39, 0.29) is 40.9 Å². The van der Waals surface area contributed by atoms with Crippen molar-refractivity contribution in [3.63, 3.8) is 0 Å². The van der Waals surface area contributed by atoms with Gasteiger partial charge in [-0.1, -0.05) is 13.3 Å². The number of ether oxygens (including phenoxy) is 1. The highest BCUT2D eigenvalue weighted by Crippen LogP contribution is 2.44. The second-order valence-corrected chi connectivity index (χ2v) is 8.43. The third kappa shape index (κ3) is 8.53. The predicted molar refractivity (Wildman–Crippen MR) is 107 cm³/mol. The van der Waals surface area contributed by atoms with Crippen LogP contribution in [0.1, 0.15) is 39.5 Å². The van der Waals surface area contributed by atoms with E-state index in [1.807, 2.05) is 6.92 Å². The number of nitrogens with zero attached hydrogens (tertiary/aromatic N) is 1. The van der Waals surface area contributed by atoms with Crippen molar-refractivity contribution < 1.29 is 13.2 Å². The normalized spacial score (nSPS) is 17.1. The molecule has 1 fully saturated rings. The molecule has 0 aliphatic heterocycles. The highest BCUT2D eigenvalue weighted by molar-refractivity contribution is 14.0. The summed E-state index contributed by atoms with van der Waals surface area (Å²) >= 11 is 0. The van der Waals surface area contributed by atoms with Crippen LogP contribution in [0.2, 0.25) is 0 Å². The lowest BCUT2D eigenvalue weighted by Gasteiger charge is -2.40. The van der Waals surface area contributed by atoms with Gasteiger partial charge in [-0.05, 0) is 31.6 Å². The smallest absolute Gasteiger partial charge is 0.191 e. The van der Waals surface area contributed by atoms with Crippen LogP contribution in [0, 0.1) is 5.41 Å². The molecule has 6 nitrogen and oxygen atoms in total. The molecule has 1 aliphatic rings. The number of hydrogen-bond donors (Lipinski definition) is 2. The van der Waals surface area contributed by atoms with Crippen LogP contribution in [0.25, 0.3) is 0 Å². The van der Waals surface area contributed by atoms with Crippen LogP contribution >= 0.6 is 24.0 Å². The standard InChI is InChI=1S/C15H31N3O3S.HI/c1-4-16-14(17-10-12-22(19,20)5-2)18-13-15(7-6-8-15)9-11-21-3;/h4-13H2,1-3H3,(H2,16,17,18);1H. The Hall–Kier alpha value is -0.0900. The summed E-state index contributed by atoms with van der Waals surface area (Å²) in [7, 11) is -1.21. The van der Waals surface area contributed by atoms with Crippen LogP contribution in [0.4, 0.5) is 0 Å². The summed E-state index contributed by atoms with van der Waals surface area (Å²) in [5, 5.41) is 6.29. The van der Waals surface area contributed by atoms with Gasteiger partial charge in [0.2, 0.25) is 0 Å².